The zero-order chi connectivity index (χ0) is 8.85. The van der Waals surface area contributed by atoms with Crippen molar-refractivity contribution in [2.24, 2.45) is 27.6 Å². The number of carboxylic acids is 1. The number of hydrogen-bond donors (Lipinski definition) is 4. The van der Waals surface area contributed by atoms with Crippen molar-refractivity contribution in [2.75, 3.05) is 0 Å². The molecule has 2 unspecified atom stereocenters. The maximum atomic E-state index is 10.2. The minimum absolute atomic E-state index is 0.0238. The Balaban J connectivity index is 3.74. The number of aliphatic carboxylic acids is 1. The molecular formula is C4H11N5O2. The summed E-state index contributed by atoms with van der Waals surface area (Å²) in [6, 6.07) is -1.02. The predicted molar refractivity (Wildman–Crippen MR) is 37.2 cm³/mol. The predicted octanol–water partition coefficient (Wildman–Crippen LogP) is -1.60. The third-order valence-corrected chi connectivity index (χ3v) is 1.03. The van der Waals surface area contributed by atoms with Gasteiger partial charge in [0.15, 0.2) is 0 Å². The minimum Gasteiger partial charge on any atom is -0.480 e. The van der Waals surface area contributed by atoms with Crippen molar-refractivity contribution in [3.05, 3.63) is 0 Å². The molecule has 7 heteroatoms. The second kappa shape index (κ2) is 4.58. The van der Waals surface area contributed by atoms with Gasteiger partial charge >= 0.3 is 5.97 Å². The molecule has 0 amide bonds. The van der Waals surface area contributed by atoms with Gasteiger partial charge in [-0.05, 0) is 0 Å². The average Bonchev–Trinajstić information content (AvgIpc) is 1.87. The number of nitrogens with two attached hydrogens (primary N) is 3. The SMILES string of the molecule is N/N=N\C(N)CC(N)C(=O)O. The fourth-order valence-corrected chi connectivity index (χ4v) is 0.494. The van der Waals surface area contributed by atoms with Gasteiger partial charge in [-0.15, -0.1) is 0 Å². The van der Waals surface area contributed by atoms with Crippen molar-refractivity contribution in [2.45, 2.75) is 18.6 Å². The van der Waals surface area contributed by atoms with Gasteiger partial charge in [0.1, 0.15) is 12.2 Å². The lowest BCUT2D eigenvalue weighted by molar-refractivity contribution is -0.138. The van der Waals surface area contributed by atoms with E-state index in [1.54, 1.807) is 0 Å². The van der Waals surface area contributed by atoms with Gasteiger partial charge in [-0.2, -0.15) is 5.11 Å². The molecule has 64 valence electrons. The number of rotatable bonds is 4. The Labute approximate surface area is 63.2 Å². The summed E-state index contributed by atoms with van der Waals surface area (Å²) in [5, 5.41) is 14.5. The molecule has 0 fully saturated rings. The van der Waals surface area contributed by atoms with E-state index in [2.05, 4.69) is 16.2 Å². The van der Waals surface area contributed by atoms with Crippen molar-refractivity contribution in [1.82, 2.24) is 0 Å². The van der Waals surface area contributed by atoms with Gasteiger partial charge in [-0.25, -0.2) is 0 Å². The van der Waals surface area contributed by atoms with E-state index >= 15 is 0 Å². The van der Waals surface area contributed by atoms with Crippen LogP contribution in [0.25, 0.3) is 0 Å². The number of carboxylic acid groups (broad SMARTS) is 1. The van der Waals surface area contributed by atoms with Gasteiger partial charge in [-0.3, -0.25) is 4.79 Å². The second-order valence-electron chi connectivity index (χ2n) is 1.98. The molecule has 0 radical (unpaired) electrons. The summed E-state index contributed by atoms with van der Waals surface area (Å²) >= 11 is 0. The Morgan fingerprint density at radius 2 is 2.09 bits per heavy atom. The maximum Gasteiger partial charge on any atom is 0.320 e. The van der Waals surface area contributed by atoms with Gasteiger partial charge in [0, 0.05) is 6.42 Å². The maximum absolute atomic E-state index is 10.2. The van der Waals surface area contributed by atoms with Crippen LogP contribution in [-0.2, 0) is 4.79 Å². The molecule has 0 saturated heterocycles. The third kappa shape index (κ3) is 4.23. The summed E-state index contributed by atoms with van der Waals surface area (Å²) in [6.07, 6.45) is -0.721. The van der Waals surface area contributed by atoms with Crippen molar-refractivity contribution in [3.63, 3.8) is 0 Å². The van der Waals surface area contributed by atoms with E-state index in [9.17, 15) is 4.79 Å². The van der Waals surface area contributed by atoms with E-state index in [4.69, 9.17) is 16.6 Å². The van der Waals surface area contributed by atoms with Gasteiger partial charge in [0.2, 0.25) is 0 Å². The monoisotopic (exact) mass is 161 g/mol. The van der Waals surface area contributed by atoms with Crippen molar-refractivity contribution >= 4 is 5.97 Å². The zero-order valence-electron chi connectivity index (χ0n) is 5.84. The Morgan fingerprint density at radius 3 is 2.45 bits per heavy atom. The van der Waals surface area contributed by atoms with Crippen molar-refractivity contribution < 1.29 is 9.90 Å². The molecule has 0 saturated carbocycles. The molecule has 0 aliphatic heterocycles. The van der Waals surface area contributed by atoms with Crippen LogP contribution < -0.4 is 17.3 Å². The van der Waals surface area contributed by atoms with Crippen LogP contribution in [0.3, 0.4) is 0 Å². The highest BCUT2D eigenvalue weighted by Gasteiger charge is 2.14. The zero-order valence-corrected chi connectivity index (χ0v) is 5.84. The van der Waals surface area contributed by atoms with Gasteiger partial charge < -0.3 is 22.4 Å². The molecule has 0 aromatic carbocycles. The molecule has 0 spiro atoms. The number of nitrogens with zero attached hydrogens (tertiary/aromatic N) is 2. The van der Waals surface area contributed by atoms with Gasteiger partial charge in [-0.1, -0.05) is 5.22 Å². The van der Waals surface area contributed by atoms with Crippen LogP contribution in [-0.4, -0.2) is 23.3 Å². The fraction of sp³-hybridized carbons (Fsp3) is 0.750. The Bertz CT molecular complexity index is 159. The Morgan fingerprint density at radius 1 is 1.55 bits per heavy atom. The lowest BCUT2D eigenvalue weighted by atomic mass is 10.2. The van der Waals surface area contributed by atoms with Crippen molar-refractivity contribution in [1.29, 1.82) is 0 Å². The van der Waals surface area contributed by atoms with Crippen LogP contribution in [0.2, 0.25) is 0 Å². The fourth-order valence-electron chi connectivity index (χ4n) is 0.494. The first kappa shape index (κ1) is 9.79. The summed E-state index contributed by atoms with van der Waals surface area (Å²) in [6.45, 7) is 0. The van der Waals surface area contributed by atoms with Crippen LogP contribution >= 0.6 is 0 Å². The normalized spacial score (nSPS) is 16.5. The molecule has 11 heavy (non-hydrogen) atoms. The molecule has 0 bridgehead atoms. The van der Waals surface area contributed by atoms with E-state index < -0.39 is 18.2 Å². The first-order chi connectivity index (χ1) is 5.07. The van der Waals surface area contributed by atoms with Gasteiger partial charge in [0.25, 0.3) is 0 Å². The van der Waals surface area contributed by atoms with Crippen LogP contribution in [0, 0.1) is 0 Å². The topological polar surface area (TPSA) is 140 Å². The second-order valence-corrected chi connectivity index (χ2v) is 1.98. The molecule has 2 atom stereocenters. The summed E-state index contributed by atoms with van der Waals surface area (Å²) in [4.78, 5) is 10.2. The molecule has 0 rings (SSSR count). The highest BCUT2D eigenvalue weighted by molar-refractivity contribution is 5.73. The summed E-state index contributed by atoms with van der Waals surface area (Å²) in [5.74, 6) is 3.55. The molecule has 0 aromatic rings. The molecule has 7 nitrogen and oxygen atoms in total. The molecule has 0 aromatic heterocycles. The van der Waals surface area contributed by atoms with Crippen LogP contribution in [0.15, 0.2) is 10.3 Å². The smallest absolute Gasteiger partial charge is 0.320 e. The molecule has 0 aliphatic carbocycles. The Kier molecular flexibility index (Phi) is 4.08. The molecule has 7 N–H and O–H groups in total. The Hall–Kier alpha value is -1.21. The highest BCUT2D eigenvalue weighted by atomic mass is 16.4. The van der Waals surface area contributed by atoms with Crippen LogP contribution in [0.1, 0.15) is 6.42 Å². The van der Waals surface area contributed by atoms with E-state index in [0.29, 0.717) is 0 Å². The summed E-state index contributed by atoms with van der Waals surface area (Å²) < 4.78 is 0. The van der Waals surface area contributed by atoms with E-state index in [1.165, 1.54) is 0 Å². The standard InChI is InChI=1S/C4H11N5O2/c5-2(4(10)11)1-3(6)8-9-7/h2-3H,1,5-6H2,(H2,7,8)(H,10,11). The minimum atomic E-state index is -1.12. The van der Waals surface area contributed by atoms with Crippen LogP contribution in [0.4, 0.5) is 0 Å². The lowest BCUT2D eigenvalue weighted by Crippen LogP contribution is -2.36. The molecule has 0 aliphatic rings. The van der Waals surface area contributed by atoms with Crippen LogP contribution in [0.5, 0.6) is 0 Å². The van der Waals surface area contributed by atoms with E-state index in [-0.39, 0.29) is 6.42 Å². The quantitative estimate of drug-likeness (QED) is 0.223. The van der Waals surface area contributed by atoms with Crippen molar-refractivity contribution in [3.8, 4) is 0 Å². The lowest BCUT2D eigenvalue weighted by Gasteiger charge is -2.07. The number of carbonyl (C=O) groups is 1. The molecular weight excluding hydrogens is 150 g/mol. The summed E-state index contributed by atoms with van der Waals surface area (Å²) in [7, 11) is 0. The first-order valence-corrected chi connectivity index (χ1v) is 2.92. The summed E-state index contributed by atoms with van der Waals surface area (Å²) in [5.41, 5.74) is 10.4. The molecule has 0 heterocycles. The average molecular weight is 161 g/mol. The van der Waals surface area contributed by atoms with E-state index in [0.717, 1.165) is 0 Å². The van der Waals surface area contributed by atoms with E-state index in [1.807, 2.05) is 0 Å². The highest BCUT2D eigenvalue weighted by Crippen LogP contribution is 1.94. The first-order valence-electron chi connectivity index (χ1n) is 2.92. The van der Waals surface area contributed by atoms with Gasteiger partial charge in [0.05, 0.1) is 0 Å². The third-order valence-electron chi connectivity index (χ3n) is 1.03. The largest absolute Gasteiger partial charge is 0.480 e. The number of hydrogen-bond acceptors (Lipinski definition) is 5.